The van der Waals surface area contributed by atoms with Crippen LogP contribution >= 0.6 is 11.3 Å². The smallest absolute Gasteiger partial charge is 0.354 e. The molecular formula is C11H11N3O3S. The number of esters is 1. The fraction of sp³-hybridized carbons (Fsp3) is 0.364. The van der Waals surface area contributed by atoms with Gasteiger partial charge in [-0.3, -0.25) is 9.80 Å². The topological polar surface area (TPSA) is 71.0 Å². The average Bonchev–Trinajstić information content (AvgIpc) is 2.98. The standard InChI is InChI=1S/C11H11N3O3S/c1-17-11(16)7-4-6-5-12-10(15)9-8(2-3-18-9)14(6)13-7/h2-3,6H,4-5H2,1H3,(H,12,15). The molecule has 1 atom stereocenters. The van der Waals surface area contributed by atoms with E-state index in [9.17, 15) is 9.59 Å². The molecule has 0 fully saturated rings. The molecule has 3 heterocycles. The lowest BCUT2D eigenvalue weighted by Crippen LogP contribution is -2.35. The molecule has 1 aromatic heterocycles. The number of rotatable bonds is 1. The Morgan fingerprint density at radius 1 is 1.67 bits per heavy atom. The minimum atomic E-state index is -0.411. The highest BCUT2D eigenvalue weighted by Crippen LogP contribution is 2.33. The van der Waals surface area contributed by atoms with Gasteiger partial charge < -0.3 is 10.1 Å². The first-order chi connectivity index (χ1) is 8.70. The van der Waals surface area contributed by atoms with Crippen LogP contribution in [0.1, 0.15) is 16.1 Å². The predicted molar refractivity (Wildman–Crippen MR) is 67.0 cm³/mol. The molecule has 0 aliphatic carbocycles. The predicted octanol–water partition coefficient (Wildman–Crippen LogP) is 0.599. The molecule has 0 aromatic carbocycles. The first-order valence-corrected chi connectivity index (χ1v) is 6.39. The van der Waals surface area contributed by atoms with E-state index in [2.05, 4.69) is 15.2 Å². The minimum Gasteiger partial charge on any atom is -0.464 e. The Morgan fingerprint density at radius 2 is 2.50 bits per heavy atom. The summed E-state index contributed by atoms with van der Waals surface area (Å²) in [6.07, 6.45) is 0.488. The number of ether oxygens (including phenoxy) is 1. The van der Waals surface area contributed by atoms with Crippen molar-refractivity contribution in [1.29, 1.82) is 0 Å². The summed E-state index contributed by atoms with van der Waals surface area (Å²) in [6, 6.07) is 1.83. The number of hydrogen-bond donors (Lipinski definition) is 1. The molecule has 0 spiro atoms. The summed E-state index contributed by atoms with van der Waals surface area (Å²) >= 11 is 1.37. The normalized spacial score (nSPS) is 21.6. The third kappa shape index (κ3) is 1.59. The molecule has 94 valence electrons. The third-order valence-electron chi connectivity index (χ3n) is 3.02. The number of methoxy groups -OCH3 is 1. The van der Waals surface area contributed by atoms with Gasteiger partial charge in [-0.2, -0.15) is 5.10 Å². The van der Waals surface area contributed by atoms with E-state index in [0.29, 0.717) is 23.6 Å². The summed E-state index contributed by atoms with van der Waals surface area (Å²) in [5.74, 6) is -0.490. The zero-order chi connectivity index (χ0) is 12.7. The first-order valence-electron chi connectivity index (χ1n) is 5.51. The SMILES string of the molecule is COC(=O)C1=NN2c3ccsc3C(=O)NCC2C1. The van der Waals surface area contributed by atoms with E-state index in [1.165, 1.54) is 18.4 Å². The third-order valence-corrected chi connectivity index (χ3v) is 3.92. The molecule has 7 heteroatoms. The quantitative estimate of drug-likeness (QED) is 0.755. The molecule has 0 saturated heterocycles. The van der Waals surface area contributed by atoms with Crippen molar-refractivity contribution in [2.45, 2.75) is 12.5 Å². The van der Waals surface area contributed by atoms with Crippen molar-refractivity contribution in [1.82, 2.24) is 5.32 Å². The van der Waals surface area contributed by atoms with Crippen LogP contribution in [0, 0.1) is 0 Å². The van der Waals surface area contributed by atoms with Gasteiger partial charge in [0.2, 0.25) is 0 Å². The maximum absolute atomic E-state index is 11.8. The number of carbonyl (C=O) groups excluding carboxylic acids is 2. The minimum absolute atomic E-state index is 0.0149. The Kier molecular flexibility index (Phi) is 2.55. The molecular weight excluding hydrogens is 254 g/mol. The van der Waals surface area contributed by atoms with Crippen LogP contribution in [0.15, 0.2) is 16.5 Å². The van der Waals surface area contributed by atoms with Gasteiger partial charge in [0.25, 0.3) is 5.91 Å². The van der Waals surface area contributed by atoms with E-state index in [-0.39, 0.29) is 11.9 Å². The fourth-order valence-corrected chi connectivity index (χ4v) is 2.95. The molecule has 2 aliphatic rings. The van der Waals surface area contributed by atoms with Crippen molar-refractivity contribution in [2.24, 2.45) is 5.10 Å². The lowest BCUT2D eigenvalue weighted by atomic mass is 10.1. The molecule has 18 heavy (non-hydrogen) atoms. The number of carbonyl (C=O) groups is 2. The van der Waals surface area contributed by atoms with E-state index >= 15 is 0 Å². The van der Waals surface area contributed by atoms with Crippen LogP contribution in [0.4, 0.5) is 5.69 Å². The van der Waals surface area contributed by atoms with E-state index in [0.717, 1.165) is 5.69 Å². The maximum atomic E-state index is 11.8. The Bertz CT molecular complexity index is 551. The van der Waals surface area contributed by atoms with Crippen LogP contribution < -0.4 is 10.3 Å². The van der Waals surface area contributed by atoms with Crippen LogP contribution in [0.2, 0.25) is 0 Å². The van der Waals surface area contributed by atoms with Crippen molar-refractivity contribution in [2.75, 3.05) is 18.7 Å². The van der Waals surface area contributed by atoms with Gasteiger partial charge in [0.1, 0.15) is 10.6 Å². The summed E-state index contributed by atoms with van der Waals surface area (Å²) in [4.78, 5) is 23.9. The van der Waals surface area contributed by atoms with E-state index in [4.69, 9.17) is 0 Å². The van der Waals surface area contributed by atoms with Crippen molar-refractivity contribution < 1.29 is 14.3 Å². The largest absolute Gasteiger partial charge is 0.464 e. The number of anilines is 1. The van der Waals surface area contributed by atoms with E-state index in [1.807, 2.05) is 11.4 Å². The van der Waals surface area contributed by atoms with Crippen LogP contribution in [0.3, 0.4) is 0 Å². The lowest BCUT2D eigenvalue weighted by Gasteiger charge is -2.19. The summed E-state index contributed by atoms with van der Waals surface area (Å²) in [5, 5.41) is 10.7. The van der Waals surface area contributed by atoms with Crippen LogP contribution in [0.25, 0.3) is 0 Å². The molecule has 1 unspecified atom stereocenters. The molecule has 0 saturated carbocycles. The highest BCUT2D eigenvalue weighted by atomic mass is 32.1. The molecule has 3 rings (SSSR count). The Labute approximate surface area is 107 Å². The summed E-state index contributed by atoms with van der Waals surface area (Å²) in [5.41, 5.74) is 1.16. The molecule has 0 bridgehead atoms. The molecule has 0 radical (unpaired) electrons. The van der Waals surface area contributed by atoms with Gasteiger partial charge in [0.15, 0.2) is 0 Å². The fourth-order valence-electron chi connectivity index (χ4n) is 2.16. The summed E-state index contributed by atoms with van der Waals surface area (Å²) in [7, 11) is 1.34. The number of amides is 1. The number of fused-ring (bicyclic) bond motifs is 3. The highest BCUT2D eigenvalue weighted by Gasteiger charge is 2.36. The average molecular weight is 265 g/mol. The number of thiophene rings is 1. The number of nitrogens with zero attached hydrogens (tertiary/aromatic N) is 2. The molecule has 6 nitrogen and oxygen atoms in total. The van der Waals surface area contributed by atoms with Gasteiger partial charge in [-0.1, -0.05) is 0 Å². The second kappa shape index (κ2) is 4.09. The number of hydrogen-bond acceptors (Lipinski definition) is 6. The van der Waals surface area contributed by atoms with Crippen molar-refractivity contribution in [3.8, 4) is 0 Å². The number of nitrogens with one attached hydrogen (secondary N) is 1. The second-order valence-corrected chi connectivity index (χ2v) is 5.00. The van der Waals surface area contributed by atoms with Gasteiger partial charge >= 0.3 is 5.97 Å². The van der Waals surface area contributed by atoms with Gasteiger partial charge in [0.05, 0.1) is 18.8 Å². The van der Waals surface area contributed by atoms with Crippen LogP contribution in [0.5, 0.6) is 0 Å². The van der Waals surface area contributed by atoms with Gasteiger partial charge in [-0.25, -0.2) is 4.79 Å². The maximum Gasteiger partial charge on any atom is 0.354 e. The van der Waals surface area contributed by atoms with Gasteiger partial charge in [0, 0.05) is 13.0 Å². The Morgan fingerprint density at radius 3 is 3.28 bits per heavy atom. The molecule has 2 aliphatic heterocycles. The highest BCUT2D eigenvalue weighted by molar-refractivity contribution is 7.12. The molecule has 1 aromatic rings. The zero-order valence-corrected chi connectivity index (χ0v) is 10.5. The first kappa shape index (κ1) is 11.2. The lowest BCUT2D eigenvalue weighted by molar-refractivity contribution is -0.132. The molecule has 1 amide bonds. The monoisotopic (exact) mass is 265 g/mol. The Hall–Kier alpha value is -1.89. The Balaban J connectivity index is 2.00. The van der Waals surface area contributed by atoms with E-state index in [1.54, 1.807) is 5.01 Å². The summed E-state index contributed by atoms with van der Waals surface area (Å²) < 4.78 is 4.68. The second-order valence-electron chi connectivity index (χ2n) is 4.09. The number of hydrazone groups is 1. The van der Waals surface area contributed by atoms with E-state index < -0.39 is 5.97 Å². The zero-order valence-electron chi connectivity index (χ0n) is 9.67. The van der Waals surface area contributed by atoms with Crippen LogP contribution in [-0.4, -0.2) is 37.3 Å². The van der Waals surface area contributed by atoms with Crippen molar-refractivity contribution in [3.05, 3.63) is 16.3 Å². The summed E-state index contributed by atoms with van der Waals surface area (Å²) in [6.45, 7) is 0.476. The van der Waals surface area contributed by atoms with Crippen LogP contribution in [-0.2, 0) is 9.53 Å². The van der Waals surface area contributed by atoms with Crippen molar-refractivity contribution in [3.63, 3.8) is 0 Å². The van der Waals surface area contributed by atoms with Crippen molar-refractivity contribution >= 4 is 34.6 Å². The molecule has 1 N–H and O–H groups in total. The van der Waals surface area contributed by atoms with Gasteiger partial charge in [-0.15, -0.1) is 11.3 Å². The van der Waals surface area contributed by atoms with Gasteiger partial charge in [-0.05, 0) is 11.4 Å².